The van der Waals surface area contributed by atoms with Gasteiger partial charge in [0.05, 0.1) is 12.2 Å². The summed E-state index contributed by atoms with van der Waals surface area (Å²) >= 11 is 0. The monoisotopic (exact) mass is 471 g/mol. The van der Waals surface area contributed by atoms with Gasteiger partial charge >= 0.3 is 18.0 Å². The molecule has 0 unspecified atom stereocenters. The van der Waals surface area contributed by atoms with Crippen LogP contribution in [0.5, 0.6) is 5.75 Å². The van der Waals surface area contributed by atoms with Crippen LogP contribution in [0.25, 0.3) is 0 Å². The summed E-state index contributed by atoms with van der Waals surface area (Å²) in [7, 11) is 0. The van der Waals surface area contributed by atoms with E-state index in [2.05, 4.69) is 0 Å². The number of esters is 1. The molecule has 0 radical (unpaired) electrons. The standard InChI is InChI=1S/C26H33NO7/c1-26(2,3)34-25(31)27(18-23(28)33-19-20-10-6-4-7-11-20)16-8-5-9-17-32-22-14-12-21(13-15-22)24(29)30/h4,6-7,10-15H,5,8-9,16-19H2,1-3H3,(H,29,30). The van der Waals surface area contributed by atoms with Gasteiger partial charge in [0.25, 0.3) is 0 Å². The predicted molar refractivity (Wildman–Crippen MR) is 127 cm³/mol. The number of hydrogen-bond acceptors (Lipinski definition) is 6. The normalized spacial score (nSPS) is 10.9. The van der Waals surface area contributed by atoms with Gasteiger partial charge in [0, 0.05) is 6.54 Å². The summed E-state index contributed by atoms with van der Waals surface area (Å²) in [6.07, 6.45) is 1.61. The fraction of sp³-hybridized carbons (Fsp3) is 0.423. The fourth-order valence-corrected chi connectivity index (χ4v) is 2.97. The van der Waals surface area contributed by atoms with E-state index in [1.165, 1.54) is 17.0 Å². The first kappa shape index (κ1) is 26.7. The molecule has 1 amide bonds. The van der Waals surface area contributed by atoms with Gasteiger partial charge < -0.3 is 19.3 Å². The van der Waals surface area contributed by atoms with E-state index in [9.17, 15) is 14.4 Å². The lowest BCUT2D eigenvalue weighted by atomic mass is 10.2. The van der Waals surface area contributed by atoms with Crippen LogP contribution in [0, 0.1) is 0 Å². The number of nitrogens with zero attached hydrogens (tertiary/aromatic N) is 1. The Morgan fingerprint density at radius 2 is 1.59 bits per heavy atom. The Morgan fingerprint density at radius 1 is 0.912 bits per heavy atom. The number of carboxylic acid groups (broad SMARTS) is 1. The van der Waals surface area contributed by atoms with E-state index in [1.54, 1.807) is 32.9 Å². The number of carboxylic acids is 1. The molecule has 2 rings (SSSR count). The molecule has 34 heavy (non-hydrogen) atoms. The summed E-state index contributed by atoms with van der Waals surface area (Å²) < 4.78 is 16.4. The Labute approximate surface area is 200 Å². The maximum absolute atomic E-state index is 12.6. The fourth-order valence-electron chi connectivity index (χ4n) is 2.97. The van der Waals surface area contributed by atoms with Crippen molar-refractivity contribution in [3.63, 3.8) is 0 Å². The molecule has 0 bridgehead atoms. The van der Waals surface area contributed by atoms with Gasteiger partial charge in [0.15, 0.2) is 0 Å². The molecule has 8 heteroatoms. The summed E-state index contributed by atoms with van der Waals surface area (Å²) in [5.41, 5.74) is 0.405. The van der Waals surface area contributed by atoms with Crippen LogP contribution < -0.4 is 4.74 Å². The number of benzene rings is 2. The Bertz CT molecular complexity index is 920. The minimum absolute atomic E-state index is 0.145. The van der Waals surface area contributed by atoms with Gasteiger partial charge in [-0.05, 0) is 69.9 Å². The summed E-state index contributed by atoms with van der Waals surface area (Å²) in [5.74, 6) is -0.880. The number of aromatic carboxylic acids is 1. The SMILES string of the molecule is CC(C)(C)OC(=O)N(CCCCCOc1ccc(C(=O)O)cc1)CC(=O)OCc1ccccc1. The highest BCUT2D eigenvalue weighted by Crippen LogP contribution is 2.14. The summed E-state index contributed by atoms with van der Waals surface area (Å²) in [6.45, 7) is 6.09. The van der Waals surface area contributed by atoms with Crippen molar-refractivity contribution in [3.05, 3.63) is 65.7 Å². The van der Waals surface area contributed by atoms with Crippen LogP contribution in [0.3, 0.4) is 0 Å². The van der Waals surface area contributed by atoms with Crippen molar-refractivity contribution in [2.75, 3.05) is 19.7 Å². The Balaban J connectivity index is 1.77. The third-order valence-corrected chi connectivity index (χ3v) is 4.66. The van der Waals surface area contributed by atoms with Gasteiger partial charge in [-0.15, -0.1) is 0 Å². The van der Waals surface area contributed by atoms with Crippen molar-refractivity contribution >= 4 is 18.0 Å². The largest absolute Gasteiger partial charge is 0.494 e. The van der Waals surface area contributed by atoms with Crippen molar-refractivity contribution in [3.8, 4) is 5.75 Å². The molecule has 2 aromatic rings. The van der Waals surface area contributed by atoms with E-state index < -0.39 is 23.6 Å². The van der Waals surface area contributed by atoms with Crippen LogP contribution in [0.2, 0.25) is 0 Å². The molecule has 0 aromatic heterocycles. The van der Waals surface area contributed by atoms with Crippen molar-refractivity contribution in [1.29, 1.82) is 0 Å². The molecule has 2 aromatic carbocycles. The van der Waals surface area contributed by atoms with Crippen LogP contribution >= 0.6 is 0 Å². The number of carbonyl (C=O) groups is 3. The molecule has 0 spiro atoms. The zero-order valence-corrected chi connectivity index (χ0v) is 20.0. The van der Waals surface area contributed by atoms with Crippen LogP contribution in [-0.2, 0) is 20.9 Å². The number of ether oxygens (including phenoxy) is 3. The second-order valence-corrected chi connectivity index (χ2v) is 8.79. The maximum atomic E-state index is 12.6. The third-order valence-electron chi connectivity index (χ3n) is 4.66. The second-order valence-electron chi connectivity index (χ2n) is 8.79. The highest BCUT2D eigenvalue weighted by molar-refractivity contribution is 5.87. The molecule has 0 aliphatic rings. The molecule has 0 saturated heterocycles. The number of carbonyl (C=O) groups excluding carboxylic acids is 2. The van der Waals surface area contributed by atoms with E-state index in [-0.39, 0.29) is 18.7 Å². The second kappa shape index (κ2) is 13.2. The maximum Gasteiger partial charge on any atom is 0.410 e. The smallest absolute Gasteiger partial charge is 0.410 e. The van der Waals surface area contributed by atoms with Crippen LogP contribution in [-0.4, -0.2) is 53.3 Å². The third kappa shape index (κ3) is 10.4. The van der Waals surface area contributed by atoms with E-state index in [0.29, 0.717) is 25.3 Å². The van der Waals surface area contributed by atoms with E-state index in [1.807, 2.05) is 30.3 Å². The van der Waals surface area contributed by atoms with E-state index in [4.69, 9.17) is 19.3 Å². The predicted octanol–water partition coefficient (Wildman–Crippen LogP) is 4.91. The number of unbranched alkanes of at least 4 members (excludes halogenated alkanes) is 2. The molecule has 0 saturated carbocycles. The summed E-state index contributed by atoms with van der Waals surface area (Å²) in [5, 5.41) is 8.93. The molecule has 0 aliphatic heterocycles. The number of amides is 1. The summed E-state index contributed by atoms with van der Waals surface area (Å²) in [4.78, 5) is 37.2. The Kier molecular flexibility index (Phi) is 10.4. The van der Waals surface area contributed by atoms with Crippen LogP contribution in [0.1, 0.15) is 56.0 Å². The van der Waals surface area contributed by atoms with Crippen LogP contribution in [0.15, 0.2) is 54.6 Å². The van der Waals surface area contributed by atoms with Crippen molar-refractivity contribution in [2.45, 2.75) is 52.2 Å². The molecule has 0 fully saturated rings. The first-order valence-corrected chi connectivity index (χ1v) is 11.3. The van der Waals surface area contributed by atoms with Crippen LogP contribution in [0.4, 0.5) is 4.79 Å². The number of hydrogen-bond donors (Lipinski definition) is 1. The van der Waals surface area contributed by atoms with Crippen molar-refractivity contribution in [2.24, 2.45) is 0 Å². The molecule has 0 atom stereocenters. The molecular formula is C26H33NO7. The van der Waals surface area contributed by atoms with Gasteiger partial charge in [0.1, 0.15) is 24.5 Å². The lowest BCUT2D eigenvalue weighted by molar-refractivity contribution is -0.146. The molecule has 0 heterocycles. The Hall–Kier alpha value is -3.55. The van der Waals surface area contributed by atoms with E-state index >= 15 is 0 Å². The van der Waals surface area contributed by atoms with Gasteiger partial charge in [0.2, 0.25) is 0 Å². The highest BCUT2D eigenvalue weighted by Gasteiger charge is 2.24. The quantitative estimate of drug-likeness (QED) is 0.346. The van der Waals surface area contributed by atoms with Gasteiger partial charge in [-0.3, -0.25) is 9.69 Å². The molecule has 8 nitrogen and oxygen atoms in total. The molecular weight excluding hydrogens is 438 g/mol. The van der Waals surface area contributed by atoms with Gasteiger partial charge in [-0.25, -0.2) is 9.59 Å². The first-order chi connectivity index (χ1) is 16.1. The molecule has 0 aliphatic carbocycles. The minimum Gasteiger partial charge on any atom is -0.494 e. The zero-order valence-electron chi connectivity index (χ0n) is 20.0. The lowest BCUT2D eigenvalue weighted by Gasteiger charge is -2.26. The lowest BCUT2D eigenvalue weighted by Crippen LogP contribution is -2.40. The average molecular weight is 472 g/mol. The first-order valence-electron chi connectivity index (χ1n) is 11.3. The van der Waals surface area contributed by atoms with Gasteiger partial charge in [-0.1, -0.05) is 30.3 Å². The van der Waals surface area contributed by atoms with Crippen molar-refractivity contribution < 1.29 is 33.7 Å². The van der Waals surface area contributed by atoms with Crippen molar-refractivity contribution in [1.82, 2.24) is 4.90 Å². The molecule has 184 valence electrons. The Morgan fingerprint density at radius 3 is 2.21 bits per heavy atom. The number of rotatable bonds is 12. The highest BCUT2D eigenvalue weighted by atomic mass is 16.6. The topological polar surface area (TPSA) is 102 Å². The minimum atomic E-state index is -0.981. The zero-order chi connectivity index (χ0) is 25.0. The summed E-state index contributed by atoms with van der Waals surface area (Å²) in [6, 6.07) is 15.6. The molecule has 1 N–H and O–H groups in total. The van der Waals surface area contributed by atoms with Gasteiger partial charge in [-0.2, -0.15) is 0 Å². The van der Waals surface area contributed by atoms with E-state index in [0.717, 1.165) is 18.4 Å². The average Bonchev–Trinajstić information content (AvgIpc) is 2.79.